The van der Waals surface area contributed by atoms with Gasteiger partial charge in [0.25, 0.3) is 0 Å². The van der Waals surface area contributed by atoms with Crippen molar-refractivity contribution in [2.75, 3.05) is 13.2 Å². The molecule has 5 nitrogen and oxygen atoms in total. The molecule has 1 aliphatic heterocycles. The average molecular weight is 314 g/mol. The summed E-state index contributed by atoms with van der Waals surface area (Å²) >= 11 is 10.9. The van der Waals surface area contributed by atoms with Gasteiger partial charge in [0.15, 0.2) is 5.11 Å². The number of phenols is 1. The predicted molar refractivity (Wildman–Crippen MR) is 83.4 cm³/mol. The molecule has 108 valence electrons. The fraction of sp³-hybridized carbons (Fsp3) is 0.385. The van der Waals surface area contributed by atoms with E-state index in [0.29, 0.717) is 22.2 Å². The van der Waals surface area contributed by atoms with Gasteiger partial charge in [-0.3, -0.25) is 5.43 Å². The van der Waals surface area contributed by atoms with E-state index in [1.807, 2.05) is 0 Å². The number of hydrazone groups is 1. The van der Waals surface area contributed by atoms with Gasteiger partial charge in [0, 0.05) is 23.7 Å². The number of nitrogens with one attached hydrogen (secondary N) is 2. The Balaban J connectivity index is 1.77. The summed E-state index contributed by atoms with van der Waals surface area (Å²) in [6.07, 6.45) is 3.82. The van der Waals surface area contributed by atoms with Crippen LogP contribution in [0.5, 0.6) is 5.75 Å². The van der Waals surface area contributed by atoms with Crippen molar-refractivity contribution in [2.45, 2.75) is 18.9 Å². The van der Waals surface area contributed by atoms with Crippen LogP contribution in [0.2, 0.25) is 5.02 Å². The smallest absolute Gasteiger partial charge is 0.187 e. The van der Waals surface area contributed by atoms with Gasteiger partial charge in [0.05, 0.1) is 12.3 Å². The summed E-state index contributed by atoms with van der Waals surface area (Å²) in [6, 6.07) is 4.73. The lowest BCUT2D eigenvalue weighted by molar-refractivity contribution is 0.114. The molecule has 1 aromatic rings. The molecule has 0 amide bonds. The third-order valence-electron chi connectivity index (χ3n) is 2.87. The molecule has 1 atom stereocenters. The van der Waals surface area contributed by atoms with Crippen LogP contribution in [-0.2, 0) is 4.74 Å². The van der Waals surface area contributed by atoms with Crippen LogP contribution in [0.25, 0.3) is 0 Å². The number of benzene rings is 1. The Labute approximate surface area is 128 Å². The lowest BCUT2D eigenvalue weighted by Crippen LogP contribution is -2.37. The number of hydrogen-bond acceptors (Lipinski definition) is 4. The van der Waals surface area contributed by atoms with E-state index < -0.39 is 0 Å². The van der Waals surface area contributed by atoms with E-state index in [1.165, 1.54) is 12.3 Å². The van der Waals surface area contributed by atoms with E-state index in [9.17, 15) is 5.11 Å². The van der Waals surface area contributed by atoms with Gasteiger partial charge in [-0.15, -0.1) is 0 Å². The molecule has 1 heterocycles. The van der Waals surface area contributed by atoms with Crippen molar-refractivity contribution in [1.82, 2.24) is 10.7 Å². The molecule has 1 saturated heterocycles. The third kappa shape index (κ3) is 4.63. The highest BCUT2D eigenvalue weighted by Crippen LogP contribution is 2.19. The number of thiocarbonyl (C=S) groups is 1. The molecule has 0 spiro atoms. The van der Waals surface area contributed by atoms with Crippen molar-refractivity contribution in [2.24, 2.45) is 5.10 Å². The molecule has 3 N–H and O–H groups in total. The average Bonchev–Trinajstić information content (AvgIpc) is 2.93. The van der Waals surface area contributed by atoms with Crippen LogP contribution in [0, 0.1) is 0 Å². The molecule has 1 fully saturated rings. The minimum atomic E-state index is 0.109. The minimum absolute atomic E-state index is 0.109. The van der Waals surface area contributed by atoms with Gasteiger partial charge < -0.3 is 15.2 Å². The Morgan fingerprint density at radius 3 is 3.20 bits per heavy atom. The lowest BCUT2D eigenvalue weighted by Gasteiger charge is -2.11. The van der Waals surface area contributed by atoms with Crippen LogP contribution in [-0.4, -0.2) is 35.7 Å². The molecular formula is C13H16ClN3O2S. The molecule has 0 bridgehead atoms. The van der Waals surface area contributed by atoms with E-state index in [4.69, 9.17) is 28.6 Å². The number of aromatic hydroxyl groups is 1. The topological polar surface area (TPSA) is 65.9 Å². The quantitative estimate of drug-likeness (QED) is 0.451. The highest BCUT2D eigenvalue weighted by Gasteiger charge is 2.14. The number of rotatable bonds is 4. The first-order valence-corrected chi connectivity index (χ1v) is 7.11. The zero-order chi connectivity index (χ0) is 14.4. The van der Waals surface area contributed by atoms with Crippen molar-refractivity contribution in [3.05, 3.63) is 28.8 Å². The molecule has 0 radical (unpaired) electrons. The molecule has 7 heteroatoms. The van der Waals surface area contributed by atoms with Crippen LogP contribution in [0.1, 0.15) is 18.4 Å². The molecule has 0 aliphatic carbocycles. The highest BCUT2D eigenvalue weighted by molar-refractivity contribution is 7.80. The van der Waals surface area contributed by atoms with E-state index >= 15 is 0 Å². The summed E-state index contributed by atoms with van der Waals surface area (Å²) in [7, 11) is 0. The molecule has 20 heavy (non-hydrogen) atoms. The lowest BCUT2D eigenvalue weighted by atomic mass is 10.2. The fourth-order valence-corrected chi connectivity index (χ4v) is 2.16. The molecule has 0 saturated carbocycles. The maximum atomic E-state index is 9.60. The van der Waals surface area contributed by atoms with E-state index in [-0.39, 0.29) is 11.9 Å². The monoisotopic (exact) mass is 313 g/mol. The molecule has 1 aromatic carbocycles. The summed E-state index contributed by atoms with van der Waals surface area (Å²) in [5.74, 6) is 0.109. The van der Waals surface area contributed by atoms with Gasteiger partial charge in [-0.1, -0.05) is 11.6 Å². The summed E-state index contributed by atoms with van der Waals surface area (Å²) < 4.78 is 5.47. The van der Waals surface area contributed by atoms with Crippen LogP contribution < -0.4 is 10.7 Å². The fourth-order valence-electron chi connectivity index (χ4n) is 1.84. The van der Waals surface area contributed by atoms with Crippen molar-refractivity contribution in [3.8, 4) is 5.75 Å². The Morgan fingerprint density at radius 1 is 1.60 bits per heavy atom. The summed E-state index contributed by atoms with van der Waals surface area (Å²) in [5, 5.41) is 17.5. The second-order valence-corrected chi connectivity index (χ2v) is 5.26. The van der Waals surface area contributed by atoms with Crippen LogP contribution >= 0.6 is 23.8 Å². The maximum absolute atomic E-state index is 9.60. The Hall–Kier alpha value is -1.37. The second kappa shape index (κ2) is 7.42. The molecular weight excluding hydrogens is 298 g/mol. The maximum Gasteiger partial charge on any atom is 0.187 e. The van der Waals surface area contributed by atoms with Gasteiger partial charge >= 0.3 is 0 Å². The van der Waals surface area contributed by atoms with Gasteiger partial charge in [0.1, 0.15) is 5.75 Å². The first-order valence-electron chi connectivity index (χ1n) is 6.32. The van der Waals surface area contributed by atoms with Crippen LogP contribution in [0.15, 0.2) is 23.3 Å². The second-order valence-electron chi connectivity index (χ2n) is 4.42. The minimum Gasteiger partial charge on any atom is -0.507 e. The molecule has 0 unspecified atom stereocenters. The van der Waals surface area contributed by atoms with Gasteiger partial charge in [-0.25, -0.2) is 0 Å². The van der Waals surface area contributed by atoms with Gasteiger partial charge in [0.2, 0.25) is 0 Å². The van der Waals surface area contributed by atoms with Gasteiger partial charge in [-0.05, 0) is 43.3 Å². The summed E-state index contributed by atoms with van der Waals surface area (Å²) in [5.41, 5.74) is 3.20. The standard InChI is InChI=1S/C13H16ClN3O2S/c14-10-3-4-12(18)9(6-10)7-16-17-13(20)15-8-11-2-1-5-19-11/h3-4,6-7,11,18H,1-2,5,8H2,(H2,15,17,20)/b16-7+/t11-/m0/s1. The Bertz CT molecular complexity index is 504. The number of hydrogen-bond donors (Lipinski definition) is 3. The predicted octanol–water partition coefficient (Wildman–Crippen LogP) is 2.02. The molecule has 2 rings (SSSR count). The molecule has 0 aromatic heterocycles. The van der Waals surface area contributed by atoms with E-state index in [2.05, 4.69) is 15.8 Å². The zero-order valence-electron chi connectivity index (χ0n) is 10.8. The number of halogens is 1. The number of phenolic OH excluding ortho intramolecular Hbond substituents is 1. The number of ether oxygens (including phenoxy) is 1. The summed E-state index contributed by atoms with van der Waals surface area (Å²) in [6.45, 7) is 1.49. The zero-order valence-corrected chi connectivity index (χ0v) is 12.4. The summed E-state index contributed by atoms with van der Waals surface area (Å²) in [4.78, 5) is 0. The van der Waals surface area contributed by atoms with Crippen molar-refractivity contribution >= 4 is 35.1 Å². The SMILES string of the molecule is Oc1ccc(Cl)cc1/C=N/NC(=S)NC[C@@H]1CCCO1. The first kappa shape index (κ1) is 15.0. The van der Waals surface area contributed by atoms with Crippen molar-refractivity contribution in [1.29, 1.82) is 0 Å². The van der Waals surface area contributed by atoms with E-state index in [1.54, 1.807) is 12.1 Å². The van der Waals surface area contributed by atoms with Crippen LogP contribution in [0.4, 0.5) is 0 Å². The first-order chi connectivity index (χ1) is 9.65. The van der Waals surface area contributed by atoms with Crippen molar-refractivity contribution in [3.63, 3.8) is 0 Å². The Kier molecular flexibility index (Phi) is 5.58. The number of nitrogens with zero attached hydrogens (tertiary/aromatic N) is 1. The van der Waals surface area contributed by atoms with Crippen molar-refractivity contribution < 1.29 is 9.84 Å². The van der Waals surface area contributed by atoms with Gasteiger partial charge in [-0.2, -0.15) is 5.10 Å². The highest BCUT2D eigenvalue weighted by atomic mass is 35.5. The largest absolute Gasteiger partial charge is 0.507 e. The Morgan fingerprint density at radius 2 is 2.45 bits per heavy atom. The van der Waals surface area contributed by atoms with E-state index in [0.717, 1.165) is 19.4 Å². The normalized spacial score (nSPS) is 18.4. The van der Waals surface area contributed by atoms with Crippen LogP contribution in [0.3, 0.4) is 0 Å². The molecule has 1 aliphatic rings. The third-order valence-corrected chi connectivity index (χ3v) is 3.34.